The molecule has 30 heavy (non-hydrogen) atoms. The zero-order valence-electron chi connectivity index (χ0n) is 18.3. The average Bonchev–Trinajstić information content (AvgIpc) is 2.71. The molecule has 7 nitrogen and oxygen atoms in total. The van der Waals surface area contributed by atoms with Crippen LogP contribution in [0.5, 0.6) is 0 Å². The number of rotatable bonds is 9. The molecule has 0 radical (unpaired) electrons. The highest BCUT2D eigenvalue weighted by molar-refractivity contribution is 6.05. The van der Waals surface area contributed by atoms with Crippen molar-refractivity contribution in [1.82, 2.24) is 9.55 Å². The highest BCUT2D eigenvalue weighted by atomic mass is 16.2. The maximum absolute atomic E-state index is 13.0. The summed E-state index contributed by atoms with van der Waals surface area (Å²) in [6.07, 6.45) is 5.38. The number of amides is 1. The molecule has 0 aliphatic carbocycles. The molecule has 2 rings (SSSR count). The number of nitrogen functional groups attached to an aromatic ring is 1. The zero-order valence-corrected chi connectivity index (χ0v) is 18.3. The van der Waals surface area contributed by atoms with Crippen LogP contribution in [0.25, 0.3) is 6.08 Å². The van der Waals surface area contributed by atoms with Crippen molar-refractivity contribution in [2.75, 3.05) is 17.2 Å². The number of aromatic nitrogens is 2. The average molecular weight is 413 g/mol. The lowest BCUT2D eigenvalue weighted by molar-refractivity contribution is -0.114. The Bertz CT molecular complexity index is 1000. The van der Waals surface area contributed by atoms with Crippen molar-refractivity contribution in [2.45, 2.75) is 59.4 Å². The van der Waals surface area contributed by atoms with Crippen molar-refractivity contribution in [3.63, 3.8) is 0 Å². The summed E-state index contributed by atoms with van der Waals surface area (Å²) in [6.45, 7) is 8.86. The third kappa shape index (κ3) is 5.49. The molecule has 162 valence electrons. The van der Waals surface area contributed by atoms with Gasteiger partial charge in [0.05, 0.1) is 0 Å². The Balaban J connectivity index is 2.40. The van der Waals surface area contributed by atoms with E-state index in [0.717, 1.165) is 12.0 Å². The number of anilines is 2. The number of hydrogen-bond acceptors (Lipinski definition) is 4. The standard InChI is InChI=1S/C23H32N4O3/c1-5-7-15-26(20-21(24)27(14-6-2)23(30)25-22(20)29)19(28)13-10-17-8-11-18(12-9-17)16(3)4/h8-13,16H,5-7,14-15,24H2,1-4H3,(H,25,29,30)/b13-10+. The lowest BCUT2D eigenvalue weighted by Crippen LogP contribution is -2.41. The van der Waals surface area contributed by atoms with Gasteiger partial charge in [0.1, 0.15) is 5.82 Å². The molecule has 0 spiro atoms. The molecule has 0 aliphatic heterocycles. The Kier molecular flexibility index (Phi) is 8.21. The number of aromatic amines is 1. The molecule has 0 saturated heterocycles. The van der Waals surface area contributed by atoms with Crippen LogP contribution in [-0.2, 0) is 11.3 Å². The summed E-state index contributed by atoms with van der Waals surface area (Å²) in [7, 11) is 0. The van der Waals surface area contributed by atoms with Crippen LogP contribution in [0.2, 0.25) is 0 Å². The van der Waals surface area contributed by atoms with E-state index >= 15 is 0 Å². The van der Waals surface area contributed by atoms with Crippen molar-refractivity contribution < 1.29 is 4.79 Å². The van der Waals surface area contributed by atoms with Crippen LogP contribution < -0.4 is 21.9 Å². The molecule has 0 bridgehead atoms. The van der Waals surface area contributed by atoms with Crippen LogP contribution in [0.4, 0.5) is 11.5 Å². The molecule has 3 N–H and O–H groups in total. The number of nitrogens with zero attached hydrogens (tertiary/aromatic N) is 2. The molecule has 2 aromatic rings. The molecule has 0 aliphatic rings. The van der Waals surface area contributed by atoms with E-state index in [-0.39, 0.29) is 17.4 Å². The van der Waals surface area contributed by atoms with E-state index in [9.17, 15) is 14.4 Å². The quantitative estimate of drug-likeness (QED) is 0.616. The van der Waals surface area contributed by atoms with Crippen LogP contribution in [0.15, 0.2) is 39.9 Å². The Labute approximate surface area is 177 Å². The molecule has 1 amide bonds. The summed E-state index contributed by atoms with van der Waals surface area (Å²) >= 11 is 0. The van der Waals surface area contributed by atoms with Crippen LogP contribution in [0.3, 0.4) is 0 Å². The minimum atomic E-state index is -0.649. The number of nitrogens with one attached hydrogen (secondary N) is 1. The second kappa shape index (κ2) is 10.6. The first kappa shape index (κ1) is 23.2. The Hall–Kier alpha value is -3.09. The molecule has 1 aromatic carbocycles. The van der Waals surface area contributed by atoms with E-state index in [2.05, 4.69) is 18.8 Å². The summed E-state index contributed by atoms with van der Waals surface area (Å²) in [6, 6.07) is 7.98. The second-order valence-corrected chi connectivity index (χ2v) is 7.64. The van der Waals surface area contributed by atoms with Gasteiger partial charge in [-0.25, -0.2) is 4.79 Å². The lowest BCUT2D eigenvalue weighted by Gasteiger charge is -2.23. The maximum atomic E-state index is 13.0. The van der Waals surface area contributed by atoms with Gasteiger partial charge in [0.15, 0.2) is 5.69 Å². The predicted molar refractivity (Wildman–Crippen MR) is 123 cm³/mol. The van der Waals surface area contributed by atoms with E-state index in [1.807, 2.05) is 38.1 Å². The van der Waals surface area contributed by atoms with Gasteiger partial charge in [-0.2, -0.15) is 0 Å². The van der Waals surface area contributed by atoms with Gasteiger partial charge in [0.25, 0.3) is 11.5 Å². The molecular formula is C23H32N4O3. The van der Waals surface area contributed by atoms with Gasteiger partial charge in [-0.1, -0.05) is 58.4 Å². The van der Waals surface area contributed by atoms with Crippen LogP contribution >= 0.6 is 0 Å². The van der Waals surface area contributed by atoms with E-state index in [1.54, 1.807) is 6.08 Å². The van der Waals surface area contributed by atoms with Crippen LogP contribution in [-0.4, -0.2) is 22.0 Å². The summed E-state index contributed by atoms with van der Waals surface area (Å²) in [5.74, 6) is 0.0997. The van der Waals surface area contributed by atoms with Crippen LogP contribution in [0, 0.1) is 0 Å². The SMILES string of the molecule is CCCCN(C(=O)/C=C/c1ccc(C(C)C)cc1)c1c(N)n(CCC)c(=O)[nH]c1=O. The minimum absolute atomic E-state index is 0.0183. The van der Waals surface area contributed by atoms with E-state index in [4.69, 9.17) is 5.73 Å². The van der Waals surface area contributed by atoms with E-state index < -0.39 is 11.2 Å². The summed E-state index contributed by atoms with van der Waals surface area (Å²) in [5, 5.41) is 0. The summed E-state index contributed by atoms with van der Waals surface area (Å²) < 4.78 is 1.30. The number of H-pyrrole nitrogens is 1. The molecule has 0 fully saturated rings. The number of nitrogens with two attached hydrogens (primary N) is 1. The molecular weight excluding hydrogens is 380 g/mol. The van der Waals surface area contributed by atoms with Gasteiger partial charge in [0, 0.05) is 19.2 Å². The fraction of sp³-hybridized carbons (Fsp3) is 0.435. The fourth-order valence-electron chi connectivity index (χ4n) is 3.18. The first-order valence-electron chi connectivity index (χ1n) is 10.5. The van der Waals surface area contributed by atoms with E-state index in [0.29, 0.717) is 31.8 Å². The molecule has 0 saturated carbocycles. The Morgan fingerprint density at radius 2 is 1.83 bits per heavy atom. The molecule has 7 heteroatoms. The van der Waals surface area contributed by atoms with Crippen molar-refractivity contribution in [2.24, 2.45) is 0 Å². The van der Waals surface area contributed by atoms with Gasteiger partial charge in [-0.05, 0) is 36.0 Å². The van der Waals surface area contributed by atoms with Gasteiger partial charge >= 0.3 is 5.69 Å². The van der Waals surface area contributed by atoms with Crippen LogP contribution in [0.1, 0.15) is 64.0 Å². The van der Waals surface area contributed by atoms with Gasteiger partial charge in [-0.15, -0.1) is 0 Å². The van der Waals surface area contributed by atoms with Crippen molar-refractivity contribution in [3.05, 3.63) is 62.3 Å². The number of carbonyl (C=O) groups excluding carboxylic acids is 1. The van der Waals surface area contributed by atoms with Gasteiger partial charge < -0.3 is 10.6 Å². The van der Waals surface area contributed by atoms with Gasteiger partial charge in [-0.3, -0.25) is 19.1 Å². The van der Waals surface area contributed by atoms with Crippen molar-refractivity contribution in [3.8, 4) is 0 Å². The maximum Gasteiger partial charge on any atom is 0.330 e. The van der Waals surface area contributed by atoms with Crippen molar-refractivity contribution >= 4 is 23.5 Å². The zero-order chi connectivity index (χ0) is 22.3. The predicted octanol–water partition coefficient (Wildman–Crippen LogP) is 3.50. The lowest BCUT2D eigenvalue weighted by atomic mass is 10.0. The molecule has 1 aromatic heterocycles. The smallest absolute Gasteiger partial charge is 0.330 e. The number of hydrogen-bond donors (Lipinski definition) is 2. The molecule has 0 atom stereocenters. The minimum Gasteiger partial charge on any atom is -0.383 e. The third-order valence-corrected chi connectivity index (χ3v) is 4.95. The van der Waals surface area contributed by atoms with Gasteiger partial charge in [0.2, 0.25) is 0 Å². The largest absolute Gasteiger partial charge is 0.383 e. The Morgan fingerprint density at radius 3 is 2.40 bits per heavy atom. The summed E-state index contributed by atoms with van der Waals surface area (Å²) in [4.78, 5) is 41.3. The highest BCUT2D eigenvalue weighted by Crippen LogP contribution is 2.19. The normalized spacial score (nSPS) is 11.4. The number of carbonyl (C=O) groups is 1. The summed E-state index contributed by atoms with van der Waals surface area (Å²) in [5.41, 5.74) is 7.09. The molecule has 0 unspecified atom stereocenters. The highest BCUT2D eigenvalue weighted by Gasteiger charge is 2.22. The first-order chi connectivity index (χ1) is 14.3. The number of unbranched alkanes of at least 4 members (excludes halogenated alkanes) is 1. The molecule has 1 heterocycles. The van der Waals surface area contributed by atoms with Crippen molar-refractivity contribution in [1.29, 1.82) is 0 Å². The Morgan fingerprint density at radius 1 is 1.17 bits per heavy atom. The topological polar surface area (TPSA) is 101 Å². The first-order valence-corrected chi connectivity index (χ1v) is 10.5. The van der Waals surface area contributed by atoms with E-state index in [1.165, 1.54) is 21.1 Å². The number of benzene rings is 1. The monoisotopic (exact) mass is 412 g/mol. The fourth-order valence-corrected chi connectivity index (χ4v) is 3.18. The third-order valence-electron chi connectivity index (χ3n) is 4.95. The second-order valence-electron chi connectivity index (χ2n) is 7.64.